The molecule has 2 rings (SSSR count). The number of hydrogen-bond acceptors (Lipinski definition) is 4. The zero-order valence-corrected chi connectivity index (χ0v) is 13.3. The Labute approximate surface area is 128 Å². The van der Waals surface area contributed by atoms with Crippen molar-refractivity contribution in [2.45, 2.75) is 52.5 Å². The summed E-state index contributed by atoms with van der Waals surface area (Å²) in [4.78, 5) is 27.6. The van der Waals surface area contributed by atoms with Gasteiger partial charge in [0.2, 0.25) is 5.91 Å². The van der Waals surface area contributed by atoms with Crippen molar-refractivity contribution in [2.24, 2.45) is 11.8 Å². The van der Waals surface area contributed by atoms with Crippen LogP contribution in [0.4, 0.5) is 0 Å². The van der Waals surface area contributed by atoms with E-state index in [-0.39, 0.29) is 11.6 Å². The molecule has 0 saturated heterocycles. The summed E-state index contributed by atoms with van der Waals surface area (Å²) in [7, 11) is 0. The molecule has 1 fully saturated rings. The Hall–Kier alpha value is -1.43. The van der Waals surface area contributed by atoms with E-state index in [9.17, 15) is 9.59 Å². The van der Waals surface area contributed by atoms with E-state index >= 15 is 0 Å². The molecule has 0 spiro atoms. The third-order valence-corrected chi connectivity index (χ3v) is 4.97. The lowest BCUT2D eigenvalue weighted by atomic mass is 9.81. The fraction of sp³-hybridized carbons (Fsp3) is 0.667. The largest absolute Gasteiger partial charge is 0.476 e. The van der Waals surface area contributed by atoms with E-state index in [0.29, 0.717) is 28.8 Å². The number of aromatic carboxylic acids is 1. The number of carbonyl (C=O) groups excluding carboxylic acids is 1. The fourth-order valence-corrected chi connectivity index (χ4v) is 3.84. The Balaban J connectivity index is 1.81. The Morgan fingerprint density at radius 1 is 1.43 bits per heavy atom. The molecule has 2 N–H and O–H groups in total. The maximum atomic E-state index is 12.0. The molecule has 1 aromatic rings. The second kappa shape index (κ2) is 7.02. The molecule has 2 unspecified atom stereocenters. The summed E-state index contributed by atoms with van der Waals surface area (Å²) < 4.78 is 0. The highest BCUT2D eigenvalue weighted by Crippen LogP contribution is 2.30. The lowest BCUT2D eigenvalue weighted by Crippen LogP contribution is -2.27. The summed E-state index contributed by atoms with van der Waals surface area (Å²) in [5, 5.41) is 12.5. The van der Waals surface area contributed by atoms with Gasteiger partial charge in [-0.2, -0.15) is 0 Å². The van der Waals surface area contributed by atoms with Crippen molar-refractivity contribution >= 4 is 23.2 Å². The van der Waals surface area contributed by atoms with Gasteiger partial charge in [0, 0.05) is 11.3 Å². The fourth-order valence-electron chi connectivity index (χ4n) is 2.98. The van der Waals surface area contributed by atoms with Gasteiger partial charge in [0.25, 0.3) is 0 Å². The van der Waals surface area contributed by atoms with Crippen LogP contribution in [0.5, 0.6) is 0 Å². The SMILES string of the molecule is Cc1sc(CNC(=O)CC2CCCC(C)C2)nc1C(=O)O. The van der Waals surface area contributed by atoms with Gasteiger partial charge in [-0.3, -0.25) is 4.79 Å². The van der Waals surface area contributed by atoms with Crippen molar-refractivity contribution in [3.8, 4) is 0 Å². The monoisotopic (exact) mass is 310 g/mol. The molecule has 2 atom stereocenters. The second-order valence-electron chi connectivity index (χ2n) is 5.94. The summed E-state index contributed by atoms with van der Waals surface area (Å²) in [6.45, 7) is 4.30. The molecule has 1 aliphatic rings. The molecule has 1 aliphatic carbocycles. The van der Waals surface area contributed by atoms with Gasteiger partial charge in [0.05, 0.1) is 6.54 Å². The van der Waals surface area contributed by atoms with Crippen LogP contribution in [0.25, 0.3) is 0 Å². The lowest BCUT2D eigenvalue weighted by molar-refractivity contribution is -0.122. The minimum atomic E-state index is -1.02. The first kappa shape index (κ1) is 15.9. The highest BCUT2D eigenvalue weighted by molar-refractivity contribution is 7.11. The maximum Gasteiger partial charge on any atom is 0.355 e. The van der Waals surface area contributed by atoms with Crippen LogP contribution in [-0.4, -0.2) is 22.0 Å². The molecule has 5 nitrogen and oxygen atoms in total. The molecule has 1 saturated carbocycles. The number of rotatable bonds is 5. The molecule has 21 heavy (non-hydrogen) atoms. The number of nitrogens with zero attached hydrogens (tertiary/aromatic N) is 1. The van der Waals surface area contributed by atoms with Crippen LogP contribution in [0.1, 0.15) is 59.4 Å². The Kier molecular flexibility index (Phi) is 5.33. The van der Waals surface area contributed by atoms with Gasteiger partial charge in [-0.25, -0.2) is 9.78 Å². The summed E-state index contributed by atoms with van der Waals surface area (Å²) in [6, 6.07) is 0. The molecule has 116 valence electrons. The first-order valence-corrected chi connectivity index (χ1v) is 8.23. The zero-order valence-electron chi connectivity index (χ0n) is 12.5. The molecule has 0 aliphatic heterocycles. The van der Waals surface area contributed by atoms with Crippen LogP contribution >= 0.6 is 11.3 Å². The Morgan fingerprint density at radius 3 is 2.81 bits per heavy atom. The summed E-state index contributed by atoms with van der Waals surface area (Å²) in [6.07, 6.45) is 5.33. The lowest BCUT2D eigenvalue weighted by Gasteiger charge is -2.26. The smallest absolute Gasteiger partial charge is 0.355 e. The molecule has 1 heterocycles. The van der Waals surface area contributed by atoms with E-state index in [2.05, 4.69) is 17.2 Å². The van der Waals surface area contributed by atoms with Gasteiger partial charge in [-0.15, -0.1) is 11.3 Å². The highest BCUT2D eigenvalue weighted by Gasteiger charge is 2.21. The number of thiazole rings is 1. The standard InChI is InChI=1S/C15H22N2O3S/c1-9-4-3-5-11(6-9)7-12(18)16-8-13-17-14(15(19)20)10(2)21-13/h9,11H,3-8H2,1-2H3,(H,16,18)(H,19,20). The maximum absolute atomic E-state index is 12.0. The summed E-state index contributed by atoms with van der Waals surface area (Å²) in [5.74, 6) is 0.231. The molecule has 6 heteroatoms. The average Bonchev–Trinajstić information content (AvgIpc) is 2.78. The number of aryl methyl sites for hydroxylation is 1. The van der Waals surface area contributed by atoms with Crippen molar-refractivity contribution in [3.63, 3.8) is 0 Å². The molecule has 0 radical (unpaired) electrons. The van der Waals surface area contributed by atoms with Gasteiger partial charge < -0.3 is 10.4 Å². The van der Waals surface area contributed by atoms with Gasteiger partial charge in [-0.05, 0) is 31.6 Å². The average molecular weight is 310 g/mol. The molecular weight excluding hydrogens is 288 g/mol. The number of carboxylic acids is 1. The van der Waals surface area contributed by atoms with E-state index in [1.54, 1.807) is 6.92 Å². The van der Waals surface area contributed by atoms with Crippen LogP contribution in [0, 0.1) is 18.8 Å². The minimum absolute atomic E-state index is 0.0406. The van der Waals surface area contributed by atoms with E-state index in [1.807, 2.05) is 0 Å². The number of nitrogens with one attached hydrogen (secondary N) is 1. The van der Waals surface area contributed by atoms with E-state index in [0.717, 1.165) is 18.8 Å². The predicted molar refractivity (Wildman–Crippen MR) is 81.4 cm³/mol. The van der Waals surface area contributed by atoms with Gasteiger partial charge >= 0.3 is 5.97 Å². The van der Waals surface area contributed by atoms with Crippen LogP contribution in [0.3, 0.4) is 0 Å². The van der Waals surface area contributed by atoms with Gasteiger partial charge in [0.1, 0.15) is 5.01 Å². The molecule has 1 amide bonds. The normalized spacial score (nSPS) is 22.0. The van der Waals surface area contributed by atoms with Gasteiger partial charge in [-0.1, -0.05) is 19.8 Å². The third-order valence-electron chi connectivity index (χ3n) is 4.00. The predicted octanol–water partition coefficient (Wildman–Crippen LogP) is 2.98. The topological polar surface area (TPSA) is 79.3 Å². The van der Waals surface area contributed by atoms with Crippen molar-refractivity contribution in [3.05, 3.63) is 15.6 Å². The number of carboxylic acid groups (broad SMARTS) is 1. The van der Waals surface area contributed by atoms with Crippen LogP contribution in [-0.2, 0) is 11.3 Å². The van der Waals surface area contributed by atoms with Crippen LogP contribution < -0.4 is 5.32 Å². The Morgan fingerprint density at radius 2 is 2.19 bits per heavy atom. The minimum Gasteiger partial charge on any atom is -0.476 e. The molecule has 0 aromatic carbocycles. The van der Waals surface area contributed by atoms with Crippen molar-refractivity contribution in [1.82, 2.24) is 10.3 Å². The number of hydrogen-bond donors (Lipinski definition) is 2. The first-order valence-electron chi connectivity index (χ1n) is 7.42. The van der Waals surface area contributed by atoms with Crippen molar-refractivity contribution < 1.29 is 14.7 Å². The van der Waals surface area contributed by atoms with E-state index in [4.69, 9.17) is 5.11 Å². The molecule has 0 bridgehead atoms. The highest BCUT2D eigenvalue weighted by atomic mass is 32.1. The summed E-state index contributed by atoms with van der Waals surface area (Å²) in [5.41, 5.74) is 0.0883. The number of carbonyl (C=O) groups is 2. The summed E-state index contributed by atoms with van der Waals surface area (Å²) >= 11 is 1.32. The Bertz CT molecular complexity index is 527. The number of amides is 1. The third kappa shape index (κ3) is 4.52. The van der Waals surface area contributed by atoms with E-state index < -0.39 is 5.97 Å². The zero-order chi connectivity index (χ0) is 15.4. The first-order chi connectivity index (χ1) is 9.95. The van der Waals surface area contributed by atoms with Crippen molar-refractivity contribution in [2.75, 3.05) is 0 Å². The molecule has 1 aromatic heterocycles. The van der Waals surface area contributed by atoms with E-state index in [1.165, 1.54) is 24.2 Å². The van der Waals surface area contributed by atoms with Crippen molar-refractivity contribution in [1.29, 1.82) is 0 Å². The molecular formula is C15H22N2O3S. The van der Waals surface area contributed by atoms with Gasteiger partial charge in [0.15, 0.2) is 5.69 Å². The quantitative estimate of drug-likeness (QED) is 0.876. The van der Waals surface area contributed by atoms with Crippen LogP contribution in [0.15, 0.2) is 0 Å². The second-order valence-corrected chi connectivity index (χ2v) is 7.22. The van der Waals surface area contributed by atoms with Crippen LogP contribution in [0.2, 0.25) is 0 Å². The number of aromatic nitrogens is 1.